The summed E-state index contributed by atoms with van der Waals surface area (Å²) in [5.74, 6) is -1.99. The molecule has 0 aromatic heterocycles. The normalized spacial score (nSPS) is 12.1. The molecule has 1 N–H and O–H groups in total. The number of hydrogen-bond donors (Lipinski definition) is 1. The van der Waals surface area contributed by atoms with Crippen LogP contribution >= 0.6 is 0 Å². The molecule has 0 aromatic carbocycles. The molecule has 0 saturated heterocycles. The molecule has 0 spiro atoms. The van der Waals surface area contributed by atoms with E-state index in [0.29, 0.717) is 6.42 Å². The van der Waals surface area contributed by atoms with Gasteiger partial charge in [0.1, 0.15) is 6.61 Å². The monoisotopic (exact) mass is 520 g/mol. The van der Waals surface area contributed by atoms with Crippen molar-refractivity contribution in [3.05, 3.63) is 24.8 Å². The minimum Gasteiger partial charge on any atom is -0.481 e. The fraction of sp³-hybridized carbons (Fsp3) is 0.818. The van der Waals surface area contributed by atoms with Gasteiger partial charge < -0.3 is 9.84 Å². The van der Waals surface area contributed by atoms with E-state index in [9.17, 15) is 14.7 Å². The Labute approximate surface area is 229 Å². The second kappa shape index (κ2) is 29.0. The topological polar surface area (TPSA) is 63.6 Å². The van der Waals surface area contributed by atoms with Crippen molar-refractivity contribution in [2.75, 3.05) is 6.61 Å². The van der Waals surface area contributed by atoms with Gasteiger partial charge in [-0.15, -0.1) is 0 Å². The summed E-state index contributed by atoms with van der Waals surface area (Å²) >= 11 is 0. The fourth-order valence-corrected chi connectivity index (χ4v) is 4.78. The molecule has 0 amide bonds. The number of carbonyl (C=O) groups excluding carboxylic acids is 1. The molecule has 37 heavy (non-hydrogen) atoms. The molecule has 0 radical (unpaired) electrons. The maximum atomic E-state index is 11.6. The number of aliphatic carboxylic acids is 1. The van der Waals surface area contributed by atoms with Crippen molar-refractivity contribution in [2.45, 2.75) is 161 Å². The van der Waals surface area contributed by atoms with Gasteiger partial charge in [-0.3, -0.25) is 9.59 Å². The standard InChI is InChI=1S/C33H60O4/c1-3-5-6-7-8-9-10-11-12-13-14-15-16-17-18-19-20-21-22-23-24-25-26-27-28-31(33(35)36)30-32(34)37-29-4-2/h4,18-19,31H,2-3,5-17,20-30H2,1H3,(H,35,36)/b19-18+. The maximum Gasteiger partial charge on any atom is 0.307 e. The minimum absolute atomic E-state index is 0.0456. The zero-order chi connectivity index (χ0) is 27.2. The first-order valence-electron chi connectivity index (χ1n) is 15.8. The number of unbranched alkanes of at least 4 members (excludes halogenated alkanes) is 20. The Balaban J connectivity index is 3.37. The Morgan fingerprint density at radius 3 is 1.49 bits per heavy atom. The molecule has 1 unspecified atom stereocenters. The van der Waals surface area contributed by atoms with Crippen LogP contribution in [0.3, 0.4) is 0 Å². The second-order valence-corrected chi connectivity index (χ2v) is 10.8. The summed E-state index contributed by atoms with van der Waals surface area (Å²) in [6, 6.07) is 0. The molecule has 0 fully saturated rings. The van der Waals surface area contributed by atoms with Crippen molar-refractivity contribution in [1.82, 2.24) is 0 Å². The fourth-order valence-electron chi connectivity index (χ4n) is 4.78. The van der Waals surface area contributed by atoms with Crippen molar-refractivity contribution in [3.63, 3.8) is 0 Å². The lowest BCUT2D eigenvalue weighted by molar-refractivity contribution is -0.151. The van der Waals surface area contributed by atoms with Crippen LogP contribution in [0, 0.1) is 5.92 Å². The summed E-state index contributed by atoms with van der Waals surface area (Å²) in [5.41, 5.74) is 0. The van der Waals surface area contributed by atoms with Gasteiger partial charge in [-0.1, -0.05) is 147 Å². The van der Waals surface area contributed by atoms with Gasteiger partial charge >= 0.3 is 11.9 Å². The molecule has 0 aliphatic heterocycles. The van der Waals surface area contributed by atoms with E-state index >= 15 is 0 Å². The van der Waals surface area contributed by atoms with E-state index in [1.165, 1.54) is 128 Å². The second-order valence-electron chi connectivity index (χ2n) is 10.8. The van der Waals surface area contributed by atoms with E-state index in [4.69, 9.17) is 4.74 Å². The van der Waals surface area contributed by atoms with Crippen molar-refractivity contribution in [2.24, 2.45) is 5.92 Å². The van der Waals surface area contributed by atoms with Gasteiger partial charge in [0.15, 0.2) is 0 Å². The number of allylic oxidation sites excluding steroid dienone is 2. The summed E-state index contributed by atoms with van der Waals surface area (Å²) in [6.07, 6.45) is 35.6. The molecule has 0 heterocycles. The third-order valence-corrected chi connectivity index (χ3v) is 7.19. The maximum absolute atomic E-state index is 11.6. The quantitative estimate of drug-likeness (QED) is 0.0605. The van der Waals surface area contributed by atoms with Crippen molar-refractivity contribution >= 4 is 11.9 Å². The molecule has 4 heteroatoms. The van der Waals surface area contributed by atoms with Gasteiger partial charge in [-0.2, -0.15) is 0 Å². The molecule has 4 nitrogen and oxygen atoms in total. The molecule has 0 rings (SSSR count). The largest absolute Gasteiger partial charge is 0.481 e. The summed E-state index contributed by atoms with van der Waals surface area (Å²) < 4.78 is 4.90. The Morgan fingerprint density at radius 2 is 1.08 bits per heavy atom. The van der Waals surface area contributed by atoms with E-state index < -0.39 is 17.9 Å². The first-order valence-corrected chi connectivity index (χ1v) is 15.8. The van der Waals surface area contributed by atoms with E-state index in [2.05, 4.69) is 25.7 Å². The summed E-state index contributed by atoms with van der Waals surface area (Å²) in [4.78, 5) is 23.0. The number of ether oxygens (including phenoxy) is 1. The number of hydrogen-bond acceptors (Lipinski definition) is 3. The van der Waals surface area contributed by atoms with E-state index in [-0.39, 0.29) is 13.0 Å². The first-order chi connectivity index (χ1) is 18.1. The average Bonchev–Trinajstić information content (AvgIpc) is 2.89. The summed E-state index contributed by atoms with van der Waals surface area (Å²) in [6.45, 7) is 5.91. The number of carboxylic acid groups (broad SMARTS) is 1. The van der Waals surface area contributed by atoms with Crippen LogP contribution in [-0.2, 0) is 14.3 Å². The lowest BCUT2D eigenvalue weighted by atomic mass is 9.97. The molecular weight excluding hydrogens is 460 g/mol. The van der Waals surface area contributed by atoms with Crippen LogP contribution in [-0.4, -0.2) is 23.7 Å². The molecule has 0 aliphatic rings. The smallest absolute Gasteiger partial charge is 0.307 e. The van der Waals surface area contributed by atoms with Gasteiger partial charge in [0.25, 0.3) is 0 Å². The van der Waals surface area contributed by atoms with Crippen molar-refractivity contribution in [3.8, 4) is 0 Å². The van der Waals surface area contributed by atoms with Gasteiger partial charge in [-0.05, 0) is 32.1 Å². The Hall–Kier alpha value is -1.58. The highest BCUT2D eigenvalue weighted by atomic mass is 16.5. The number of carboxylic acids is 1. The van der Waals surface area contributed by atoms with Crippen LogP contribution in [0.15, 0.2) is 24.8 Å². The molecule has 1 atom stereocenters. The molecule has 216 valence electrons. The van der Waals surface area contributed by atoms with Gasteiger partial charge in [0, 0.05) is 0 Å². The van der Waals surface area contributed by atoms with Crippen LogP contribution in [0.5, 0.6) is 0 Å². The summed E-state index contributed by atoms with van der Waals surface area (Å²) in [5, 5.41) is 9.30. The van der Waals surface area contributed by atoms with Crippen LogP contribution in [0.1, 0.15) is 161 Å². The van der Waals surface area contributed by atoms with Crippen LogP contribution in [0.25, 0.3) is 0 Å². The van der Waals surface area contributed by atoms with Crippen molar-refractivity contribution < 1.29 is 19.4 Å². The zero-order valence-electron chi connectivity index (χ0n) is 24.4. The van der Waals surface area contributed by atoms with Crippen molar-refractivity contribution in [1.29, 1.82) is 0 Å². The zero-order valence-corrected chi connectivity index (χ0v) is 24.4. The number of esters is 1. The first kappa shape index (κ1) is 35.4. The summed E-state index contributed by atoms with van der Waals surface area (Å²) in [7, 11) is 0. The van der Waals surface area contributed by atoms with Crippen LogP contribution < -0.4 is 0 Å². The molecule has 0 bridgehead atoms. The van der Waals surface area contributed by atoms with Gasteiger partial charge in [0.05, 0.1) is 12.3 Å². The Morgan fingerprint density at radius 1 is 0.676 bits per heavy atom. The lowest BCUT2D eigenvalue weighted by Crippen LogP contribution is -2.19. The lowest BCUT2D eigenvalue weighted by Gasteiger charge is -2.11. The molecule has 0 saturated carbocycles. The van der Waals surface area contributed by atoms with E-state index in [1.807, 2.05) is 0 Å². The highest BCUT2D eigenvalue weighted by Crippen LogP contribution is 2.17. The highest BCUT2D eigenvalue weighted by Gasteiger charge is 2.21. The number of carbonyl (C=O) groups is 2. The number of rotatable bonds is 29. The highest BCUT2D eigenvalue weighted by molar-refractivity contribution is 5.78. The van der Waals surface area contributed by atoms with Gasteiger partial charge in [0.2, 0.25) is 0 Å². The minimum atomic E-state index is -0.905. The van der Waals surface area contributed by atoms with Crippen LogP contribution in [0.4, 0.5) is 0 Å². The van der Waals surface area contributed by atoms with E-state index in [1.54, 1.807) is 0 Å². The molecular formula is C33H60O4. The predicted octanol–water partition coefficient (Wildman–Crippen LogP) is 10.4. The Kier molecular flexibility index (Phi) is 27.7. The third kappa shape index (κ3) is 27.3. The third-order valence-electron chi connectivity index (χ3n) is 7.19. The van der Waals surface area contributed by atoms with Crippen LogP contribution in [0.2, 0.25) is 0 Å². The SMILES string of the molecule is C=CCOC(=O)CC(CCCCCCCCC/C=C/CCCCCCCCCCCCCCC)C(=O)O. The predicted molar refractivity (Wildman–Crippen MR) is 158 cm³/mol. The van der Waals surface area contributed by atoms with Gasteiger partial charge in [-0.25, -0.2) is 0 Å². The Bertz CT molecular complexity index is 555. The average molecular weight is 521 g/mol. The molecule has 0 aliphatic carbocycles. The molecule has 0 aromatic rings. The van der Waals surface area contributed by atoms with E-state index in [0.717, 1.165) is 19.3 Å².